The summed E-state index contributed by atoms with van der Waals surface area (Å²) >= 11 is 0. The Morgan fingerprint density at radius 2 is 1.54 bits per heavy atom. The van der Waals surface area contributed by atoms with Crippen LogP contribution < -0.4 is 17.0 Å². The lowest BCUT2D eigenvalue weighted by molar-refractivity contribution is -0.941. The average Bonchev–Trinajstić information content (AvgIpc) is 2.57. The molecule has 0 aliphatic rings. The number of rotatable bonds is 9. The second-order valence-corrected chi connectivity index (χ2v) is 6.46. The van der Waals surface area contributed by atoms with Crippen LogP contribution >= 0.6 is 0 Å². The van der Waals surface area contributed by atoms with E-state index in [9.17, 15) is 5.11 Å². The lowest BCUT2D eigenvalue weighted by Gasteiger charge is -2.40. The van der Waals surface area contributed by atoms with Crippen LogP contribution in [0.2, 0.25) is 0 Å². The number of benzene rings is 2. The van der Waals surface area contributed by atoms with Gasteiger partial charge in [-0.2, -0.15) is 0 Å². The predicted octanol–water partition coefficient (Wildman–Crippen LogP) is 0.817. The topological polar surface area (TPSA) is 20.2 Å². The molecule has 0 saturated heterocycles. The van der Waals surface area contributed by atoms with Gasteiger partial charge in [-0.05, 0) is 18.1 Å². The minimum Gasteiger partial charge on any atom is -1.00 e. The Kier molecular flexibility index (Phi) is 8.98. The molecule has 2 rings (SSSR count). The van der Waals surface area contributed by atoms with Crippen molar-refractivity contribution in [2.45, 2.75) is 25.4 Å². The molecule has 0 heterocycles. The van der Waals surface area contributed by atoms with Crippen molar-refractivity contribution < 1.29 is 26.6 Å². The molecular weight excluding hydrogens is 362 g/mol. The fourth-order valence-corrected chi connectivity index (χ4v) is 3.22. The van der Waals surface area contributed by atoms with Crippen LogP contribution in [-0.4, -0.2) is 35.8 Å². The largest absolute Gasteiger partial charge is 1.00 e. The molecular formula is C21H28BrNO. The van der Waals surface area contributed by atoms with E-state index in [2.05, 4.69) is 62.2 Å². The van der Waals surface area contributed by atoms with Gasteiger partial charge in [0, 0.05) is 12.0 Å². The van der Waals surface area contributed by atoms with Crippen molar-refractivity contribution in [3.63, 3.8) is 0 Å². The first kappa shape index (κ1) is 20.6. The van der Waals surface area contributed by atoms with E-state index < -0.39 is 0 Å². The highest BCUT2D eigenvalue weighted by Gasteiger charge is 2.31. The van der Waals surface area contributed by atoms with Gasteiger partial charge in [-0.1, -0.05) is 67.2 Å². The summed E-state index contributed by atoms with van der Waals surface area (Å²) in [5.74, 6) is 0. The van der Waals surface area contributed by atoms with Crippen molar-refractivity contribution >= 4 is 0 Å². The zero-order valence-corrected chi connectivity index (χ0v) is 16.0. The van der Waals surface area contributed by atoms with E-state index in [1.54, 1.807) is 0 Å². The van der Waals surface area contributed by atoms with Crippen molar-refractivity contribution in [2.24, 2.45) is 0 Å². The summed E-state index contributed by atoms with van der Waals surface area (Å²) in [6.45, 7) is 5.89. The molecule has 1 N–H and O–H groups in total. The number of nitrogens with zero attached hydrogens (tertiary/aromatic N) is 1. The fraction of sp³-hybridized carbons (Fsp3) is 0.333. The molecule has 0 amide bonds. The minimum atomic E-state index is 0. The summed E-state index contributed by atoms with van der Waals surface area (Å²) in [5.41, 5.74) is 2.63. The van der Waals surface area contributed by atoms with Gasteiger partial charge >= 0.3 is 0 Å². The SMILES string of the molecule is C=CC[N@@+](C)(Cc1ccccc1)[C@H](CO)CCc1ccccc1.[Br-]. The molecule has 2 aromatic rings. The maximum atomic E-state index is 9.99. The summed E-state index contributed by atoms with van der Waals surface area (Å²) in [5, 5.41) is 9.99. The van der Waals surface area contributed by atoms with E-state index in [4.69, 9.17) is 0 Å². The third kappa shape index (κ3) is 5.90. The summed E-state index contributed by atoms with van der Waals surface area (Å²) in [6.07, 6.45) is 3.93. The Morgan fingerprint density at radius 3 is 2.04 bits per heavy atom. The normalized spacial score (nSPS) is 14.2. The molecule has 0 spiro atoms. The minimum absolute atomic E-state index is 0. The Bertz CT molecular complexity index is 587. The Morgan fingerprint density at radius 1 is 1.00 bits per heavy atom. The molecule has 24 heavy (non-hydrogen) atoms. The van der Waals surface area contributed by atoms with Crippen molar-refractivity contribution in [1.29, 1.82) is 0 Å². The molecule has 3 heteroatoms. The fourth-order valence-electron chi connectivity index (χ4n) is 3.22. The number of halogens is 1. The monoisotopic (exact) mass is 389 g/mol. The predicted molar refractivity (Wildman–Crippen MR) is 97.0 cm³/mol. The number of aryl methyl sites for hydroxylation is 1. The first-order valence-corrected chi connectivity index (χ1v) is 8.32. The zero-order valence-electron chi connectivity index (χ0n) is 14.4. The quantitative estimate of drug-likeness (QED) is 0.497. The molecule has 0 aliphatic carbocycles. The van der Waals surface area contributed by atoms with Crippen LogP contribution in [0.25, 0.3) is 0 Å². The highest BCUT2D eigenvalue weighted by atomic mass is 79.9. The zero-order chi connectivity index (χ0) is 16.5. The van der Waals surface area contributed by atoms with E-state index in [1.165, 1.54) is 11.1 Å². The summed E-state index contributed by atoms with van der Waals surface area (Å²) < 4.78 is 0.789. The second kappa shape index (κ2) is 10.4. The molecule has 2 nitrogen and oxygen atoms in total. The van der Waals surface area contributed by atoms with Gasteiger partial charge in [0.15, 0.2) is 0 Å². The van der Waals surface area contributed by atoms with Crippen LogP contribution in [0.3, 0.4) is 0 Å². The molecule has 0 radical (unpaired) electrons. The number of hydrogen-bond donors (Lipinski definition) is 1. The summed E-state index contributed by atoms with van der Waals surface area (Å²) in [4.78, 5) is 0. The van der Waals surface area contributed by atoms with Gasteiger partial charge in [0.2, 0.25) is 0 Å². The third-order valence-corrected chi connectivity index (χ3v) is 4.63. The highest BCUT2D eigenvalue weighted by Crippen LogP contribution is 2.21. The maximum absolute atomic E-state index is 9.99. The van der Waals surface area contributed by atoms with Crippen molar-refractivity contribution in [1.82, 2.24) is 0 Å². The van der Waals surface area contributed by atoms with Gasteiger partial charge in [-0.15, -0.1) is 0 Å². The molecule has 0 fully saturated rings. The Balaban J connectivity index is 0.00000288. The van der Waals surface area contributed by atoms with Crippen LogP contribution in [0.1, 0.15) is 17.5 Å². The number of hydrogen-bond acceptors (Lipinski definition) is 1. The van der Waals surface area contributed by atoms with E-state index in [1.807, 2.05) is 18.2 Å². The van der Waals surface area contributed by atoms with Crippen molar-refractivity contribution in [2.75, 3.05) is 20.2 Å². The molecule has 0 aliphatic heterocycles. The van der Waals surface area contributed by atoms with Gasteiger partial charge in [0.1, 0.15) is 12.6 Å². The standard InChI is InChI=1S/C21H28NO.BrH/c1-3-16-22(2,17-20-12-8-5-9-13-20)21(18-23)15-14-19-10-6-4-7-11-19;/h3-13,21,23H,1,14-18H2,2H3;1H/q+1;/p-1/t21-,22-;/m0./s1. The van der Waals surface area contributed by atoms with Crippen LogP contribution in [0, 0.1) is 0 Å². The lowest BCUT2D eigenvalue weighted by Crippen LogP contribution is -3.00. The smallest absolute Gasteiger partial charge is 0.113 e. The number of aliphatic hydroxyl groups excluding tert-OH is 1. The highest BCUT2D eigenvalue weighted by molar-refractivity contribution is 5.15. The molecule has 0 saturated carbocycles. The van der Waals surface area contributed by atoms with Crippen molar-refractivity contribution in [3.8, 4) is 0 Å². The van der Waals surface area contributed by atoms with E-state index in [0.717, 1.165) is 30.4 Å². The molecule has 2 atom stereocenters. The van der Waals surface area contributed by atoms with Crippen LogP contribution in [0.5, 0.6) is 0 Å². The number of aliphatic hydroxyl groups is 1. The van der Waals surface area contributed by atoms with Crippen LogP contribution in [0.15, 0.2) is 73.3 Å². The molecule has 0 aromatic heterocycles. The Labute approximate surface area is 156 Å². The van der Waals surface area contributed by atoms with Crippen LogP contribution in [-0.2, 0) is 13.0 Å². The second-order valence-electron chi connectivity index (χ2n) is 6.46. The van der Waals surface area contributed by atoms with Crippen molar-refractivity contribution in [3.05, 3.63) is 84.4 Å². The molecule has 0 unspecified atom stereocenters. The maximum Gasteiger partial charge on any atom is 0.113 e. The lowest BCUT2D eigenvalue weighted by atomic mass is 10.0. The Hall–Kier alpha value is -1.42. The summed E-state index contributed by atoms with van der Waals surface area (Å²) in [6, 6.07) is 21.2. The van der Waals surface area contributed by atoms with Gasteiger partial charge < -0.3 is 26.6 Å². The molecule has 0 bridgehead atoms. The van der Waals surface area contributed by atoms with Gasteiger partial charge in [0.25, 0.3) is 0 Å². The first-order chi connectivity index (χ1) is 11.2. The number of likely N-dealkylation sites (N-methyl/N-ethyl adjacent to an activating group) is 1. The summed E-state index contributed by atoms with van der Waals surface area (Å²) in [7, 11) is 2.22. The van der Waals surface area contributed by atoms with Gasteiger partial charge in [0.05, 0.1) is 20.2 Å². The van der Waals surface area contributed by atoms with E-state index in [0.29, 0.717) is 0 Å². The van der Waals surface area contributed by atoms with Gasteiger partial charge in [-0.3, -0.25) is 0 Å². The first-order valence-electron chi connectivity index (χ1n) is 8.32. The molecule has 130 valence electrons. The average molecular weight is 390 g/mol. The number of quaternary nitrogens is 1. The molecule has 2 aromatic carbocycles. The van der Waals surface area contributed by atoms with E-state index >= 15 is 0 Å². The van der Waals surface area contributed by atoms with Crippen LogP contribution in [0.4, 0.5) is 0 Å². The third-order valence-electron chi connectivity index (χ3n) is 4.63. The van der Waals surface area contributed by atoms with Gasteiger partial charge in [-0.25, -0.2) is 0 Å². The van der Waals surface area contributed by atoms with E-state index in [-0.39, 0.29) is 29.6 Å².